The van der Waals surface area contributed by atoms with E-state index in [0.717, 1.165) is 9.65 Å². The lowest BCUT2D eigenvalue weighted by Gasteiger charge is -2.30. The number of carbonyl (C=O) groups excluding carboxylic acids is 1. The number of hydrogen-bond acceptors (Lipinski definition) is 7. The molecule has 1 unspecified atom stereocenters. The van der Waals surface area contributed by atoms with E-state index in [1.54, 1.807) is 60.5 Å². The lowest BCUT2D eigenvalue weighted by molar-refractivity contribution is -0.129. The molecule has 0 spiro atoms. The molecule has 2 N–H and O–H groups in total. The molecule has 0 bridgehead atoms. The molecule has 0 radical (unpaired) electrons. The van der Waals surface area contributed by atoms with Gasteiger partial charge in [-0.2, -0.15) is 9.19 Å². The van der Waals surface area contributed by atoms with Crippen LogP contribution in [0.15, 0.2) is 79.8 Å². The van der Waals surface area contributed by atoms with Crippen molar-refractivity contribution in [1.82, 2.24) is 24.1 Å². The Bertz CT molecular complexity index is 1650. The first kappa shape index (κ1) is 28.7. The SMILES string of the molecule is C=CC(c1ccc(CN)cc1)S(=O)(=O)n1nc(C2CCN(C(C)=O)CC2)c(-c2ccncn2)c1-c1ccc(Cl)cc1. The zero-order valence-corrected chi connectivity index (χ0v) is 24.2. The van der Waals surface area contributed by atoms with Crippen molar-refractivity contribution in [2.45, 2.75) is 37.5 Å². The molecule has 11 heteroatoms. The van der Waals surface area contributed by atoms with E-state index in [0.29, 0.717) is 71.3 Å². The van der Waals surface area contributed by atoms with E-state index in [9.17, 15) is 13.2 Å². The molecule has 2 aromatic heterocycles. The van der Waals surface area contributed by atoms with E-state index >= 15 is 0 Å². The highest BCUT2D eigenvalue weighted by Gasteiger charge is 2.36. The van der Waals surface area contributed by atoms with Gasteiger partial charge in [0.2, 0.25) is 5.91 Å². The number of benzene rings is 2. The lowest BCUT2D eigenvalue weighted by atomic mass is 9.89. The Morgan fingerprint density at radius 1 is 1.12 bits per heavy atom. The van der Waals surface area contributed by atoms with Crippen molar-refractivity contribution in [3.05, 3.63) is 102 Å². The van der Waals surface area contributed by atoms with Gasteiger partial charge in [0.1, 0.15) is 11.6 Å². The Balaban J connectivity index is 1.74. The number of rotatable bonds is 8. The molecular formula is C30H31ClN6O3S. The largest absolute Gasteiger partial charge is 0.343 e. The summed E-state index contributed by atoms with van der Waals surface area (Å²) in [7, 11) is -4.17. The summed E-state index contributed by atoms with van der Waals surface area (Å²) in [6.07, 6.45) is 5.74. The Morgan fingerprint density at radius 3 is 2.37 bits per heavy atom. The van der Waals surface area contributed by atoms with Gasteiger partial charge in [-0.25, -0.2) is 18.4 Å². The van der Waals surface area contributed by atoms with Gasteiger partial charge in [0.25, 0.3) is 10.0 Å². The maximum absolute atomic E-state index is 14.5. The summed E-state index contributed by atoms with van der Waals surface area (Å²) in [6.45, 7) is 6.89. The van der Waals surface area contributed by atoms with Crippen molar-refractivity contribution in [3.8, 4) is 22.5 Å². The molecular weight excluding hydrogens is 560 g/mol. The summed E-state index contributed by atoms with van der Waals surface area (Å²) in [5.74, 6) is -0.0759. The molecule has 1 amide bonds. The highest BCUT2D eigenvalue weighted by Crippen LogP contribution is 2.43. The number of likely N-dealkylation sites (tertiary alicyclic amines) is 1. The van der Waals surface area contributed by atoms with Gasteiger partial charge >= 0.3 is 0 Å². The summed E-state index contributed by atoms with van der Waals surface area (Å²) in [6, 6.07) is 15.9. The van der Waals surface area contributed by atoms with Crippen molar-refractivity contribution in [2.24, 2.45) is 5.73 Å². The molecule has 4 aromatic rings. The second-order valence-corrected chi connectivity index (χ2v) is 12.3. The first-order valence-corrected chi connectivity index (χ1v) is 15.2. The minimum Gasteiger partial charge on any atom is -0.343 e. The molecule has 1 atom stereocenters. The molecule has 1 saturated heterocycles. The highest BCUT2D eigenvalue weighted by molar-refractivity contribution is 7.90. The fourth-order valence-electron chi connectivity index (χ4n) is 5.29. The molecule has 0 aliphatic carbocycles. The van der Waals surface area contributed by atoms with Gasteiger partial charge in [0.05, 0.1) is 22.6 Å². The quantitative estimate of drug-likeness (QED) is 0.288. The Hall–Kier alpha value is -3.86. The topological polar surface area (TPSA) is 124 Å². The van der Waals surface area contributed by atoms with Gasteiger partial charge < -0.3 is 10.6 Å². The van der Waals surface area contributed by atoms with E-state index in [4.69, 9.17) is 22.4 Å². The van der Waals surface area contributed by atoms with Gasteiger partial charge in [-0.3, -0.25) is 4.79 Å². The number of nitrogens with zero attached hydrogens (tertiary/aromatic N) is 5. The van der Waals surface area contributed by atoms with Crippen LogP contribution in [0.1, 0.15) is 47.8 Å². The molecule has 3 heterocycles. The predicted molar refractivity (Wildman–Crippen MR) is 160 cm³/mol. The molecule has 9 nitrogen and oxygen atoms in total. The standard InChI is InChI=1S/C30H31ClN6O3S/c1-3-27(22-6-4-21(18-32)5-7-22)41(39,40)37-30(24-8-10-25(31)11-9-24)28(26-12-15-33-19-34-26)29(35-37)23-13-16-36(17-14-23)20(2)38/h3-12,15,19,23,27H,1,13-14,16-18,32H2,2H3. The lowest BCUT2D eigenvalue weighted by Crippen LogP contribution is -2.36. The molecule has 212 valence electrons. The average Bonchev–Trinajstić information content (AvgIpc) is 3.40. The maximum Gasteiger partial charge on any atom is 0.265 e. The fourth-order valence-corrected chi connectivity index (χ4v) is 7.03. The number of nitrogens with two attached hydrogens (primary N) is 1. The van der Waals surface area contributed by atoms with Crippen LogP contribution in [0.25, 0.3) is 22.5 Å². The van der Waals surface area contributed by atoms with Crippen molar-refractivity contribution in [2.75, 3.05) is 13.1 Å². The van der Waals surface area contributed by atoms with E-state index < -0.39 is 15.3 Å². The predicted octanol–water partition coefficient (Wildman–Crippen LogP) is 4.95. The smallest absolute Gasteiger partial charge is 0.265 e. The molecule has 1 aliphatic heterocycles. The van der Waals surface area contributed by atoms with Gasteiger partial charge in [-0.15, -0.1) is 6.58 Å². The van der Waals surface area contributed by atoms with Crippen LogP contribution < -0.4 is 5.73 Å². The number of halogens is 1. The van der Waals surface area contributed by atoms with Gasteiger partial charge in [-0.1, -0.05) is 54.1 Å². The number of hydrogen-bond donors (Lipinski definition) is 1. The van der Waals surface area contributed by atoms with Crippen molar-refractivity contribution in [1.29, 1.82) is 0 Å². The van der Waals surface area contributed by atoms with Crippen LogP contribution in [0.2, 0.25) is 5.02 Å². The zero-order chi connectivity index (χ0) is 29.1. The third-order valence-corrected chi connectivity index (χ3v) is 9.59. The minimum absolute atomic E-state index is 0.0175. The van der Waals surface area contributed by atoms with Crippen LogP contribution in [0.3, 0.4) is 0 Å². The summed E-state index contributed by atoms with van der Waals surface area (Å²) in [5, 5.41) is 4.29. The Morgan fingerprint density at radius 2 is 1.80 bits per heavy atom. The van der Waals surface area contributed by atoms with Crippen LogP contribution >= 0.6 is 11.6 Å². The van der Waals surface area contributed by atoms with E-state index in [-0.39, 0.29) is 11.8 Å². The number of carbonyl (C=O) groups is 1. The molecule has 41 heavy (non-hydrogen) atoms. The third-order valence-electron chi connectivity index (χ3n) is 7.49. The first-order valence-electron chi connectivity index (χ1n) is 13.3. The zero-order valence-electron chi connectivity index (χ0n) is 22.6. The summed E-state index contributed by atoms with van der Waals surface area (Å²) in [5.41, 5.74) is 9.98. The molecule has 1 aliphatic rings. The Labute approximate surface area is 244 Å². The average molecular weight is 591 g/mol. The van der Waals surface area contributed by atoms with Crippen LogP contribution in [-0.2, 0) is 21.4 Å². The highest BCUT2D eigenvalue weighted by atomic mass is 35.5. The van der Waals surface area contributed by atoms with Crippen LogP contribution in [0.5, 0.6) is 0 Å². The van der Waals surface area contributed by atoms with Crippen LogP contribution in [0, 0.1) is 0 Å². The van der Waals surface area contributed by atoms with Crippen molar-refractivity contribution < 1.29 is 13.2 Å². The van der Waals surface area contributed by atoms with Gasteiger partial charge in [-0.05, 0) is 42.2 Å². The van der Waals surface area contributed by atoms with Crippen molar-refractivity contribution in [3.63, 3.8) is 0 Å². The third kappa shape index (κ3) is 5.68. The van der Waals surface area contributed by atoms with Crippen molar-refractivity contribution >= 4 is 27.5 Å². The van der Waals surface area contributed by atoms with Crippen LogP contribution in [0.4, 0.5) is 0 Å². The van der Waals surface area contributed by atoms with Crippen LogP contribution in [-0.4, -0.2) is 51.5 Å². The Kier molecular flexibility index (Phi) is 8.35. The molecule has 0 saturated carbocycles. The minimum atomic E-state index is -4.17. The second kappa shape index (κ2) is 11.9. The van der Waals surface area contributed by atoms with Gasteiger partial charge in [0, 0.05) is 49.3 Å². The fraction of sp³-hybridized carbons (Fsp3) is 0.267. The number of piperidine rings is 1. The normalized spacial score (nSPS) is 15.0. The first-order chi connectivity index (χ1) is 19.7. The monoisotopic (exact) mass is 590 g/mol. The number of aromatic nitrogens is 4. The molecule has 2 aromatic carbocycles. The summed E-state index contributed by atoms with van der Waals surface area (Å²) in [4.78, 5) is 22.4. The summed E-state index contributed by atoms with van der Waals surface area (Å²) >= 11 is 6.21. The van der Waals surface area contributed by atoms with E-state index in [1.165, 1.54) is 12.4 Å². The molecule has 1 fully saturated rings. The van der Waals surface area contributed by atoms with Gasteiger partial charge in [0.15, 0.2) is 0 Å². The van der Waals surface area contributed by atoms with E-state index in [1.807, 2.05) is 12.1 Å². The molecule has 5 rings (SSSR count). The van der Waals surface area contributed by atoms with E-state index in [2.05, 4.69) is 16.5 Å². The number of amides is 1. The second-order valence-electron chi connectivity index (χ2n) is 9.98. The maximum atomic E-state index is 14.5. The summed E-state index contributed by atoms with van der Waals surface area (Å²) < 4.78 is 30.1.